The van der Waals surface area contributed by atoms with Gasteiger partial charge in [0.25, 0.3) is 5.91 Å². The minimum atomic E-state index is -0.774. The summed E-state index contributed by atoms with van der Waals surface area (Å²) >= 11 is 0. The molecule has 1 amide bonds. The van der Waals surface area contributed by atoms with Crippen molar-refractivity contribution in [3.8, 4) is 0 Å². The van der Waals surface area contributed by atoms with Gasteiger partial charge in [0.15, 0.2) is 0 Å². The Balaban J connectivity index is 1.76. The number of rotatable bonds is 4. The Hall–Kier alpha value is -2.31. The number of aliphatic hydroxyl groups is 1. The zero-order valence-corrected chi connectivity index (χ0v) is 13.7. The van der Waals surface area contributed by atoms with Crippen molar-refractivity contribution in [2.75, 3.05) is 26.3 Å². The molecule has 1 aromatic heterocycles. The number of ether oxygens (including phenoxy) is 1. The van der Waals surface area contributed by atoms with Gasteiger partial charge >= 0.3 is 0 Å². The quantitative estimate of drug-likeness (QED) is 0.914. The van der Waals surface area contributed by atoms with Gasteiger partial charge in [-0.25, -0.2) is 0 Å². The molecule has 126 valence electrons. The number of benzene rings is 1. The molecule has 1 saturated heterocycles. The van der Waals surface area contributed by atoms with Crippen LogP contribution in [-0.2, 0) is 11.2 Å². The van der Waals surface area contributed by atoms with Gasteiger partial charge in [0.1, 0.15) is 5.60 Å². The first-order valence-electron chi connectivity index (χ1n) is 7.98. The van der Waals surface area contributed by atoms with E-state index in [4.69, 9.17) is 4.74 Å². The summed E-state index contributed by atoms with van der Waals surface area (Å²) in [6.45, 7) is 3.14. The van der Waals surface area contributed by atoms with Crippen molar-refractivity contribution in [2.45, 2.75) is 18.9 Å². The second-order valence-corrected chi connectivity index (χ2v) is 6.21. The third-order valence-electron chi connectivity index (χ3n) is 4.30. The van der Waals surface area contributed by atoms with Gasteiger partial charge in [0, 0.05) is 13.0 Å². The van der Waals surface area contributed by atoms with Crippen LogP contribution < -0.4 is 0 Å². The van der Waals surface area contributed by atoms with E-state index in [1.807, 2.05) is 31.2 Å². The predicted octanol–water partition coefficient (Wildman–Crippen LogP) is 1.23. The molecule has 0 radical (unpaired) electrons. The number of hydrogen-bond donors (Lipinski definition) is 1. The first-order valence-corrected chi connectivity index (χ1v) is 7.98. The topological polar surface area (TPSA) is 75.5 Å². The Morgan fingerprint density at radius 3 is 2.75 bits per heavy atom. The highest BCUT2D eigenvalue weighted by Gasteiger charge is 2.38. The number of hydrogen-bond acceptors (Lipinski definition) is 5. The van der Waals surface area contributed by atoms with Crippen LogP contribution in [0.4, 0.5) is 0 Å². The van der Waals surface area contributed by atoms with Crippen molar-refractivity contribution in [3.05, 3.63) is 59.4 Å². The molecule has 0 unspecified atom stereocenters. The lowest BCUT2D eigenvalue weighted by molar-refractivity contribution is -0.123. The van der Waals surface area contributed by atoms with Crippen LogP contribution in [0.1, 0.15) is 21.5 Å². The molecule has 0 spiro atoms. The minimum Gasteiger partial charge on any atom is -0.393 e. The molecule has 1 N–H and O–H groups in total. The molecule has 1 aliphatic heterocycles. The van der Waals surface area contributed by atoms with E-state index in [2.05, 4.69) is 10.2 Å². The van der Waals surface area contributed by atoms with E-state index in [9.17, 15) is 9.90 Å². The summed E-state index contributed by atoms with van der Waals surface area (Å²) in [4.78, 5) is 14.3. The lowest BCUT2D eigenvalue weighted by Crippen LogP contribution is -2.56. The molecule has 1 atom stereocenters. The first kappa shape index (κ1) is 16.5. The van der Waals surface area contributed by atoms with Crippen LogP contribution >= 0.6 is 0 Å². The lowest BCUT2D eigenvalue weighted by atomic mass is 9.92. The van der Waals surface area contributed by atoms with E-state index < -0.39 is 5.60 Å². The molecule has 6 heteroatoms. The summed E-state index contributed by atoms with van der Waals surface area (Å²) in [5.74, 6) is -0.116. The van der Waals surface area contributed by atoms with Crippen molar-refractivity contribution in [1.82, 2.24) is 15.1 Å². The average molecular weight is 327 g/mol. The molecule has 1 aliphatic rings. The largest absolute Gasteiger partial charge is 0.393 e. The fourth-order valence-corrected chi connectivity index (χ4v) is 2.95. The molecular weight excluding hydrogens is 306 g/mol. The SMILES string of the molecule is Cc1ccc(C[C@]2(CO)CN(C(=O)c3ccnnc3)CCO2)cc1. The van der Waals surface area contributed by atoms with Crippen molar-refractivity contribution in [3.63, 3.8) is 0 Å². The fourth-order valence-electron chi connectivity index (χ4n) is 2.95. The normalized spacial score (nSPS) is 20.8. The van der Waals surface area contributed by atoms with E-state index in [1.165, 1.54) is 18.0 Å². The van der Waals surface area contributed by atoms with Crippen molar-refractivity contribution in [1.29, 1.82) is 0 Å². The van der Waals surface area contributed by atoms with Gasteiger partial charge in [-0.1, -0.05) is 29.8 Å². The van der Waals surface area contributed by atoms with Gasteiger partial charge in [-0.15, -0.1) is 0 Å². The number of carbonyl (C=O) groups excluding carboxylic acids is 1. The maximum atomic E-state index is 12.6. The van der Waals surface area contributed by atoms with Crippen LogP contribution in [0.5, 0.6) is 0 Å². The average Bonchev–Trinajstić information content (AvgIpc) is 2.64. The van der Waals surface area contributed by atoms with Crippen molar-refractivity contribution in [2.24, 2.45) is 0 Å². The Morgan fingerprint density at radius 1 is 1.29 bits per heavy atom. The fraction of sp³-hybridized carbons (Fsp3) is 0.389. The van der Waals surface area contributed by atoms with E-state index in [0.717, 1.165) is 5.56 Å². The second-order valence-electron chi connectivity index (χ2n) is 6.21. The van der Waals surface area contributed by atoms with Crippen LogP contribution in [0.2, 0.25) is 0 Å². The number of aliphatic hydroxyl groups excluding tert-OH is 1. The maximum absolute atomic E-state index is 12.6. The zero-order chi connectivity index (χ0) is 17.0. The highest BCUT2D eigenvalue weighted by molar-refractivity contribution is 5.93. The lowest BCUT2D eigenvalue weighted by Gasteiger charge is -2.42. The van der Waals surface area contributed by atoms with Crippen molar-refractivity contribution >= 4 is 5.91 Å². The smallest absolute Gasteiger partial charge is 0.255 e. The second kappa shape index (κ2) is 7.07. The molecule has 6 nitrogen and oxygen atoms in total. The molecule has 2 heterocycles. The van der Waals surface area contributed by atoms with Crippen LogP contribution in [-0.4, -0.2) is 58.0 Å². The minimum absolute atomic E-state index is 0.116. The molecule has 2 aromatic rings. The van der Waals surface area contributed by atoms with Gasteiger partial charge in [0.2, 0.25) is 0 Å². The number of carbonyl (C=O) groups is 1. The van der Waals surface area contributed by atoms with Crippen LogP contribution in [0.3, 0.4) is 0 Å². The summed E-state index contributed by atoms with van der Waals surface area (Å²) in [5.41, 5.74) is 1.98. The summed E-state index contributed by atoms with van der Waals surface area (Å²) in [6.07, 6.45) is 3.51. The molecule has 1 fully saturated rings. The van der Waals surface area contributed by atoms with Gasteiger partial charge in [0.05, 0.1) is 37.7 Å². The molecule has 0 bridgehead atoms. The molecule has 0 aliphatic carbocycles. The molecular formula is C18H21N3O3. The third-order valence-corrected chi connectivity index (χ3v) is 4.30. The number of aromatic nitrogens is 2. The number of amides is 1. The van der Waals surface area contributed by atoms with E-state index in [-0.39, 0.29) is 12.5 Å². The third kappa shape index (κ3) is 3.60. The van der Waals surface area contributed by atoms with E-state index in [0.29, 0.717) is 31.7 Å². The Bertz CT molecular complexity index is 690. The molecule has 24 heavy (non-hydrogen) atoms. The highest BCUT2D eigenvalue weighted by Crippen LogP contribution is 2.24. The zero-order valence-electron chi connectivity index (χ0n) is 13.7. The van der Waals surface area contributed by atoms with Gasteiger partial charge in [-0.05, 0) is 18.6 Å². The summed E-state index contributed by atoms with van der Waals surface area (Å²) in [7, 11) is 0. The Labute approximate surface area is 141 Å². The Morgan fingerprint density at radius 2 is 2.08 bits per heavy atom. The predicted molar refractivity (Wildman–Crippen MR) is 88.6 cm³/mol. The van der Waals surface area contributed by atoms with Gasteiger partial charge < -0.3 is 14.7 Å². The number of aryl methyl sites for hydroxylation is 1. The van der Waals surface area contributed by atoms with E-state index in [1.54, 1.807) is 11.0 Å². The summed E-state index contributed by atoms with van der Waals surface area (Å²) in [6, 6.07) is 9.78. The number of morpholine rings is 1. The Kier molecular flexibility index (Phi) is 4.87. The van der Waals surface area contributed by atoms with E-state index >= 15 is 0 Å². The van der Waals surface area contributed by atoms with Crippen LogP contribution in [0.25, 0.3) is 0 Å². The molecule has 1 aromatic carbocycles. The molecule has 3 rings (SSSR count). The summed E-state index contributed by atoms with van der Waals surface area (Å²) in [5, 5.41) is 17.4. The van der Waals surface area contributed by atoms with Gasteiger partial charge in [-0.2, -0.15) is 10.2 Å². The molecule has 0 saturated carbocycles. The standard InChI is InChI=1S/C18H21N3O3/c1-14-2-4-15(5-3-14)10-18(13-22)12-21(8-9-24-18)17(23)16-6-7-19-20-11-16/h2-7,11,22H,8-10,12-13H2,1H3/t18-/m1/s1. The number of nitrogens with zero attached hydrogens (tertiary/aromatic N) is 3. The first-order chi connectivity index (χ1) is 11.6. The van der Waals surface area contributed by atoms with Crippen LogP contribution in [0, 0.1) is 6.92 Å². The van der Waals surface area contributed by atoms with Crippen LogP contribution in [0.15, 0.2) is 42.7 Å². The maximum Gasteiger partial charge on any atom is 0.255 e. The van der Waals surface area contributed by atoms with Crippen molar-refractivity contribution < 1.29 is 14.6 Å². The highest BCUT2D eigenvalue weighted by atomic mass is 16.5. The monoisotopic (exact) mass is 327 g/mol. The summed E-state index contributed by atoms with van der Waals surface area (Å²) < 4.78 is 5.89. The van der Waals surface area contributed by atoms with Gasteiger partial charge in [-0.3, -0.25) is 4.79 Å².